The highest BCUT2D eigenvalue weighted by Crippen LogP contribution is 2.43. The largest absolute Gasteiger partial charge is 0.255 e. The van der Waals surface area contributed by atoms with Crippen LogP contribution >= 0.6 is 23.1 Å². The Morgan fingerprint density at radius 1 is 1.17 bits per heavy atom. The average Bonchev–Trinajstić information content (AvgIpc) is 2.98. The van der Waals surface area contributed by atoms with Gasteiger partial charge < -0.3 is 0 Å². The number of aryl methyl sites for hydroxylation is 1. The molecule has 1 aliphatic heterocycles. The number of aromatic nitrogens is 1. The summed E-state index contributed by atoms with van der Waals surface area (Å²) in [4.78, 5) is 8.63. The molecule has 0 spiro atoms. The smallest absolute Gasteiger partial charge is 0.0801 e. The summed E-state index contributed by atoms with van der Waals surface area (Å²) in [5.74, 6) is 0. The van der Waals surface area contributed by atoms with E-state index in [0.29, 0.717) is 5.25 Å². The minimum atomic E-state index is 0.566. The lowest BCUT2D eigenvalue weighted by Crippen LogP contribution is -1.91. The van der Waals surface area contributed by atoms with E-state index in [1.54, 1.807) is 11.3 Å². The van der Waals surface area contributed by atoms with Crippen molar-refractivity contribution < 1.29 is 0 Å². The Morgan fingerprint density at radius 3 is 2.61 bits per heavy atom. The van der Waals surface area contributed by atoms with Crippen LogP contribution in [0.1, 0.15) is 29.0 Å². The molecule has 3 heteroatoms. The molecule has 0 aliphatic carbocycles. The molecule has 1 aliphatic rings. The monoisotopic (exact) mass is 273 g/mol. The maximum absolute atomic E-state index is 4.61. The number of allylic oxidation sites excluding steroid dienone is 2. The van der Waals surface area contributed by atoms with Gasteiger partial charge in [0.05, 0.1) is 10.6 Å². The molecule has 0 aromatic carbocycles. The molecule has 18 heavy (non-hydrogen) atoms. The van der Waals surface area contributed by atoms with E-state index < -0.39 is 0 Å². The lowest BCUT2D eigenvalue weighted by molar-refractivity contribution is 0.977. The predicted molar refractivity (Wildman–Crippen MR) is 81.0 cm³/mol. The molecule has 92 valence electrons. The molecule has 1 unspecified atom stereocenters. The first-order chi connectivity index (χ1) is 8.72. The van der Waals surface area contributed by atoms with E-state index >= 15 is 0 Å². The van der Waals surface area contributed by atoms with Crippen molar-refractivity contribution in [3.05, 3.63) is 51.9 Å². The second-order valence-electron chi connectivity index (χ2n) is 4.54. The third kappa shape index (κ3) is 2.38. The van der Waals surface area contributed by atoms with E-state index in [-0.39, 0.29) is 0 Å². The van der Waals surface area contributed by atoms with Gasteiger partial charge in [-0.25, -0.2) is 0 Å². The van der Waals surface area contributed by atoms with Crippen LogP contribution in [0, 0.1) is 6.92 Å². The van der Waals surface area contributed by atoms with Gasteiger partial charge in [-0.15, -0.1) is 23.1 Å². The van der Waals surface area contributed by atoms with Crippen LogP contribution in [0.4, 0.5) is 0 Å². The quantitative estimate of drug-likeness (QED) is 0.746. The molecule has 0 N–H and O–H groups in total. The molecule has 0 bridgehead atoms. The minimum Gasteiger partial charge on any atom is -0.255 e. The fourth-order valence-corrected chi connectivity index (χ4v) is 4.07. The summed E-state index contributed by atoms with van der Waals surface area (Å²) in [6.07, 6.45) is 5.48. The third-order valence-electron chi connectivity index (χ3n) is 3.10. The Labute approximate surface area is 116 Å². The molecule has 0 fully saturated rings. The SMILES string of the molecule is CC1=CCC(c2ccc(-c3ccc(C)s3)nc2)S1. The van der Waals surface area contributed by atoms with E-state index in [2.05, 4.69) is 49.2 Å². The Morgan fingerprint density at radius 2 is 2.06 bits per heavy atom. The molecule has 2 aromatic rings. The van der Waals surface area contributed by atoms with Crippen molar-refractivity contribution in [3.63, 3.8) is 0 Å². The second kappa shape index (κ2) is 4.90. The first kappa shape index (κ1) is 12.0. The van der Waals surface area contributed by atoms with Crippen molar-refractivity contribution in [3.8, 4) is 10.6 Å². The van der Waals surface area contributed by atoms with Gasteiger partial charge in [0.25, 0.3) is 0 Å². The number of pyridine rings is 1. The zero-order valence-corrected chi connectivity index (χ0v) is 12.1. The Hall–Kier alpha value is -1.06. The summed E-state index contributed by atoms with van der Waals surface area (Å²) in [5, 5.41) is 0.566. The highest BCUT2D eigenvalue weighted by Gasteiger charge is 2.17. The first-order valence-electron chi connectivity index (χ1n) is 6.08. The number of nitrogens with zero attached hydrogens (tertiary/aromatic N) is 1. The standard InChI is InChI=1S/C15H15NS2/c1-10-3-7-14(17-10)12-5-6-13(16-9-12)15-8-4-11(2)18-15/h3-6,8-9,14H,7H2,1-2H3. The zero-order valence-electron chi connectivity index (χ0n) is 10.5. The molecule has 3 rings (SSSR count). The Balaban J connectivity index is 1.81. The maximum Gasteiger partial charge on any atom is 0.0801 e. The average molecular weight is 273 g/mol. The molecule has 1 nitrogen and oxygen atoms in total. The van der Waals surface area contributed by atoms with Crippen molar-refractivity contribution in [2.24, 2.45) is 0 Å². The third-order valence-corrected chi connectivity index (χ3v) is 5.41. The van der Waals surface area contributed by atoms with E-state index in [9.17, 15) is 0 Å². The van der Waals surface area contributed by atoms with Gasteiger partial charge in [-0.05, 0) is 48.9 Å². The van der Waals surface area contributed by atoms with Crippen LogP contribution in [0.25, 0.3) is 10.6 Å². The zero-order chi connectivity index (χ0) is 12.5. The number of hydrogen-bond acceptors (Lipinski definition) is 3. The van der Waals surface area contributed by atoms with Gasteiger partial charge in [-0.3, -0.25) is 4.98 Å². The van der Waals surface area contributed by atoms with Crippen molar-refractivity contribution in [2.45, 2.75) is 25.5 Å². The van der Waals surface area contributed by atoms with E-state index in [1.165, 1.54) is 20.2 Å². The van der Waals surface area contributed by atoms with Crippen molar-refractivity contribution in [2.75, 3.05) is 0 Å². The fraction of sp³-hybridized carbons (Fsp3) is 0.267. The van der Waals surface area contributed by atoms with Crippen LogP contribution < -0.4 is 0 Å². The van der Waals surface area contributed by atoms with Crippen LogP contribution in [0.5, 0.6) is 0 Å². The van der Waals surface area contributed by atoms with Crippen molar-refractivity contribution in [1.29, 1.82) is 0 Å². The van der Waals surface area contributed by atoms with Gasteiger partial charge in [0.2, 0.25) is 0 Å². The summed E-state index contributed by atoms with van der Waals surface area (Å²) < 4.78 is 0. The molecule has 1 atom stereocenters. The lowest BCUT2D eigenvalue weighted by atomic mass is 10.1. The van der Waals surface area contributed by atoms with Crippen LogP contribution in [0.15, 0.2) is 41.4 Å². The van der Waals surface area contributed by atoms with Gasteiger partial charge >= 0.3 is 0 Å². The Kier molecular flexibility index (Phi) is 3.27. The topological polar surface area (TPSA) is 12.9 Å². The van der Waals surface area contributed by atoms with Crippen LogP contribution in [0.2, 0.25) is 0 Å². The summed E-state index contributed by atoms with van der Waals surface area (Å²) in [6.45, 7) is 4.31. The summed E-state index contributed by atoms with van der Waals surface area (Å²) in [6, 6.07) is 8.67. The van der Waals surface area contributed by atoms with Crippen LogP contribution in [-0.2, 0) is 0 Å². The molecule has 2 aromatic heterocycles. The number of thiophene rings is 1. The lowest BCUT2D eigenvalue weighted by Gasteiger charge is -2.09. The van der Waals surface area contributed by atoms with Gasteiger partial charge in [0.1, 0.15) is 0 Å². The van der Waals surface area contributed by atoms with Crippen LogP contribution in [0.3, 0.4) is 0 Å². The van der Waals surface area contributed by atoms with Crippen molar-refractivity contribution in [1.82, 2.24) is 4.98 Å². The fourth-order valence-electron chi connectivity index (χ4n) is 2.11. The summed E-state index contributed by atoms with van der Waals surface area (Å²) in [7, 11) is 0. The molecule has 0 amide bonds. The Bertz CT molecular complexity index is 581. The summed E-state index contributed by atoms with van der Waals surface area (Å²) >= 11 is 3.75. The maximum atomic E-state index is 4.61. The van der Waals surface area contributed by atoms with Crippen LogP contribution in [-0.4, -0.2) is 4.98 Å². The molecular formula is C15H15NS2. The molecule has 0 saturated heterocycles. The van der Waals surface area contributed by atoms with Gasteiger partial charge in [0, 0.05) is 16.3 Å². The van der Waals surface area contributed by atoms with Gasteiger partial charge in [-0.1, -0.05) is 12.1 Å². The first-order valence-corrected chi connectivity index (χ1v) is 7.78. The molecule has 3 heterocycles. The van der Waals surface area contributed by atoms with Gasteiger partial charge in [0.15, 0.2) is 0 Å². The highest BCUT2D eigenvalue weighted by molar-refractivity contribution is 8.03. The van der Waals surface area contributed by atoms with E-state index in [0.717, 1.165) is 12.1 Å². The minimum absolute atomic E-state index is 0.566. The second-order valence-corrected chi connectivity index (χ2v) is 7.28. The van der Waals surface area contributed by atoms with Gasteiger partial charge in [-0.2, -0.15) is 0 Å². The van der Waals surface area contributed by atoms with E-state index in [1.807, 2.05) is 18.0 Å². The molecule has 0 saturated carbocycles. The summed E-state index contributed by atoms with van der Waals surface area (Å²) in [5.41, 5.74) is 2.43. The normalized spacial score (nSPS) is 19.0. The highest BCUT2D eigenvalue weighted by atomic mass is 32.2. The van der Waals surface area contributed by atoms with E-state index in [4.69, 9.17) is 0 Å². The molecule has 0 radical (unpaired) electrons. The number of hydrogen-bond donors (Lipinski definition) is 0. The molecular weight excluding hydrogens is 258 g/mol. The number of rotatable bonds is 2. The predicted octanol–water partition coefficient (Wildman–Crippen LogP) is 5.20. The van der Waals surface area contributed by atoms with Crippen molar-refractivity contribution >= 4 is 23.1 Å². The number of thioether (sulfide) groups is 1.